The van der Waals surface area contributed by atoms with Crippen LogP contribution in [-0.4, -0.2) is 35.3 Å². The molecule has 2 rings (SSSR count). The Morgan fingerprint density at radius 3 is 2.58 bits per heavy atom. The normalized spacial score (nSPS) is 27.2. The first kappa shape index (κ1) is 14.1. The molecule has 0 aromatic heterocycles. The highest BCUT2D eigenvalue weighted by Crippen LogP contribution is 2.35. The van der Waals surface area contributed by atoms with Gasteiger partial charge in [0, 0.05) is 6.54 Å². The van der Waals surface area contributed by atoms with Crippen LogP contribution in [0.1, 0.15) is 46.5 Å². The molecule has 0 spiro atoms. The standard InChI is InChI=1S/C15H24N2O2/c1-4-5-12-14(18)16-13(11-6-7-11)15(19)17(12)9-8-10(2)3/h8,11-13H,4-7,9H2,1-3H3,(H,16,18). The van der Waals surface area contributed by atoms with Crippen molar-refractivity contribution in [2.24, 2.45) is 5.92 Å². The summed E-state index contributed by atoms with van der Waals surface area (Å²) in [6.07, 6.45) is 5.80. The van der Waals surface area contributed by atoms with Gasteiger partial charge < -0.3 is 10.2 Å². The summed E-state index contributed by atoms with van der Waals surface area (Å²) in [6.45, 7) is 6.63. The number of piperazine rings is 1. The summed E-state index contributed by atoms with van der Waals surface area (Å²) in [5.74, 6) is 0.506. The second-order valence-corrected chi connectivity index (χ2v) is 5.90. The summed E-state index contributed by atoms with van der Waals surface area (Å²) in [4.78, 5) is 26.5. The Balaban J connectivity index is 2.15. The Bertz CT molecular complexity index is 395. The van der Waals surface area contributed by atoms with Gasteiger partial charge in [-0.3, -0.25) is 9.59 Å². The second kappa shape index (κ2) is 5.76. The molecule has 2 amide bonds. The van der Waals surface area contributed by atoms with Gasteiger partial charge in [-0.05, 0) is 39.0 Å². The van der Waals surface area contributed by atoms with Crippen LogP contribution in [0.15, 0.2) is 11.6 Å². The average Bonchev–Trinajstić information content (AvgIpc) is 3.16. The molecule has 1 N–H and O–H groups in total. The molecule has 2 fully saturated rings. The maximum atomic E-state index is 12.5. The van der Waals surface area contributed by atoms with E-state index >= 15 is 0 Å². The van der Waals surface area contributed by atoms with Gasteiger partial charge in [0.05, 0.1) is 0 Å². The van der Waals surface area contributed by atoms with Crippen molar-refractivity contribution in [3.63, 3.8) is 0 Å². The van der Waals surface area contributed by atoms with Gasteiger partial charge >= 0.3 is 0 Å². The highest BCUT2D eigenvalue weighted by molar-refractivity contribution is 5.97. The Morgan fingerprint density at radius 2 is 2.05 bits per heavy atom. The maximum absolute atomic E-state index is 12.5. The quantitative estimate of drug-likeness (QED) is 0.771. The lowest BCUT2D eigenvalue weighted by atomic mass is 10.0. The first-order valence-corrected chi connectivity index (χ1v) is 7.28. The first-order chi connectivity index (χ1) is 9.04. The van der Waals surface area contributed by atoms with Crippen LogP contribution in [0.4, 0.5) is 0 Å². The minimum atomic E-state index is -0.289. The molecule has 0 aromatic rings. The van der Waals surface area contributed by atoms with Crippen LogP contribution >= 0.6 is 0 Å². The summed E-state index contributed by atoms with van der Waals surface area (Å²) in [5.41, 5.74) is 1.18. The summed E-state index contributed by atoms with van der Waals surface area (Å²) in [6, 6.07) is -0.561. The predicted octanol–water partition coefficient (Wildman–Crippen LogP) is 1.86. The molecule has 4 nitrogen and oxygen atoms in total. The fourth-order valence-corrected chi connectivity index (χ4v) is 2.59. The summed E-state index contributed by atoms with van der Waals surface area (Å²) in [7, 11) is 0. The highest BCUT2D eigenvalue weighted by Gasteiger charge is 2.46. The molecule has 1 saturated carbocycles. The van der Waals surface area contributed by atoms with E-state index in [1.54, 1.807) is 4.90 Å². The van der Waals surface area contributed by atoms with E-state index in [4.69, 9.17) is 0 Å². The van der Waals surface area contributed by atoms with Crippen LogP contribution in [0.2, 0.25) is 0 Å². The molecule has 1 heterocycles. The number of amides is 2. The van der Waals surface area contributed by atoms with Gasteiger partial charge in [-0.25, -0.2) is 0 Å². The number of rotatable bonds is 5. The van der Waals surface area contributed by atoms with Crippen molar-refractivity contribution in [2.45, 2.75) is 58.5 Å². The molecular weight excluding hydrogens is 240 g/mol. The van der Waals surface area contributed by atoms with E-state index in [0.29, 0.717) is 12.5 Å². The number of allylic oxidation sites excluding steroid dienone is 1. The maximum Gasteiger partial charge on any atom is 0.246 e. The zero-order valence-electron chi connectivity index (χ0n) is 12.1. The van der Waals surface area contributed by atoms with Crippen molar-refractivity contribution in [3.05, 3.63) is 11.6 Å². The van der Waals surface area contributed by atoms with Crippen LogP contribution in [0.5, 0.6) is 0 Å². The fraction of sp³-hybridized carbons (Fsp3) is 0.733. The number of hydrogen-bond acceptors (Lipinski definition) is 2. The van der Waals surface area contributed by atoms with E-state index in [9.17, 15) is 9.59 Å². The van der Waals surface area contributed by atoms with Gasteiger partial charge in [0.25, 0.3) is 0 Å². The molecule has 2 atom stereocenters. The molecule has 1 aliphatic carbocycles. The van der Waals surface area contributed by atoms with Gasteiger partial charge in [-0.2, -0.15) is 0 Å². The van der Waals surface area contributed by atoms with E-state index in [-0.39, 0.29) is 23.9 Å². The van der Waals surface area contributed by atoms with E-state index in [1.807, 2.05) is 26.8 Å². The van der Waals surface area contributed by atoms with Crippen molar-refractivity contribution < 1.29 is 9.59 Å². The molecule has 1 saturated heterocycles. The molecule has 19 heavy (non-hydrogen) atoms. The second-order valence-electron chi connectivity index (χ2n) is 5.90. The molecule has 0 bridgehead atoms. The van der Waals surface area contributed by atoms with Gasteiger partial charge in [-0.15, -0.1) is 0 Å². The van der Waals surface area contributed by atoms with Crippen molar-refractivity contribution in [1.29, 1.82) is 0 Å². The number of carbonyl (C=O) groups excluding carboxylic acids is 2. The SMILES string of the molecule is CCCC1C(=O)NC(C2CC2)C(=O)N1CC=C(C)C. The number of carbonyl (C=O) groups is 2. The topological polar surface area (TPSA) is 49.4 Å². The highest BCUT2D eigenvalue weighted by atomic mass is 16.2. The van der Waals surface area contributed by atoms with Crippen LogP contribution in [-0.2, 0) is 9.59 Å². The van der Waals surface area contributed by atoms with Crippen LogP contribution < -0.4 is 5.32 Å². The summed E-state index contributed by atoms with van der Waals surface area (Å²) < 4.78 is 0. The van der Waals surface area contributed by atoms with Crippen molar-refractivity contribution in [1.82, 2.24) is 10.2 Å². The van der Waals surface area contributed by atoms with Crippen molar-refractivity contribution in [3.8, 4) is 0 Å². The van der Waals surface area contributed by atoms with E-state index in [1.165, 1.54) is 5.57 Å². The first-order valence-electron chi connectivity index (χ1n) is 7.28. The lowest BCUT2D eigenvalue weighted by Crippen LogP contribution is -2.63. The van der Waals surface area contributed by atoms with Gasteiger partial charge in [0.2, 0.25) is 11.8 Å². The molecule has 2 aliphatic rings. The van der Waals surface area contributed by atoms with Crippen LogP contribution in [0.3, 0.4) is 0 Å². The largest absolute Gasteiger partial charge is 0.342 e. The zero-order valence-corrected chi connectivity index (χ0v) is 12.1. The lowest BCUT2D eigenvalue weighted by Gasteiger charge is -2.38. The number of nitrogens with zero attached hydrogens (tertiary/aromatic N) is 1. The number of nitrogens with one attached hydrogen (secondary N) is 1. The fourth-order valence-electron chi connectivity index (χ4n) is 2.59. The third-order valence-electron chi connectivity index (χ3n) is 3.88. The minimum Gasteiger partial charge on any atom is -0.342 e. The van der Waals surface area contributed by atoms with Crippen LogP contribution in [0, 0.1) is 5.92 Å². The summed E-state index contributed by atoms with van der Waals surface area (Å²) in [5, 5.41) is 2.93. The Hall–Kier alpha value is -1.32. The molecule has 1 aliphatic heterocycles. The average molecular weight is 264 g/mol. The summed E-state index contributed by atoms with van der Waals surface area (Å²) >= 11 is 0. The molecule has 2 unspecified atom stereocenters. The predicted molar refractivity (Wildman–Crippen MR) is 74.5 cm³/mol. The smallest absolute Gasteiger partial charge is 0.246 e. The molecule has 4 heteroatoms. The zero-order chi connectivity index (χ0) is 14.0. The van der Waals surface area contributed by atoms with Crippen molar-refractivity contribution in [2.75, 3.05) is 6.54 Å². The van der Waals surface area contributed by atoms with Gasteiger partial charge in [0.15, 0.2) is 0 Å². The third-order valence-corrected chi connectivity index (χ3v) is 3.88. The number of hydrogen-bond donors (Lipinski definition) is 1. The van der Waals surface area contributed by atoms with Gasteiger partial charge in [-0.1, -0.05) is 25.0 Å². The molecule has 0 aromatic carbocycles. The Kier molecular flexibility index (Phi) is 4.27. The minimum absolute atomic E-state index is 0.0282. The van der Waals surface area contributed by atoms with Crippen LogP contribution in [0.25, 0.3) is 0 Å². The molecular formula is C15H24N2O2. The Morgan fingerprint density at radius 1 is 1.37 bits per heavy atom. The van der Waals surface area contributed by atoms with E-state index in [2.05, 4.69) is 5.32 Å². The van der Waals surface area contributed by atoms with Gasteiger partial charge in [0.1, 0.15) is 12.1 Å². The lowest BCUT2D eigenvalue weighted by molar-refractivity contribution is -0.149. The van der Waals surface area contributed by atoms with Crippen molar-refractivity contribution >= 4 is 11.8 Å². The van der Waals surface area contributed by atoms with E-state index in [0.717, 1.165) is 25.7 Å². The van der Waals surface area contributed by atoms with E-state index < -0.39 is 0 Å². The monoisotopic (exact) mass is 264 g/mol. The molecule has 106 valence electrons. The third kappa shape index (κ3) is 3.17. The molecule has 0 radical (unpaired) electrons. The Labute approximate surface area is 115 Å².